The Morgan fingerprint density at radius 3 is 2.74 bits per heavy atom. The summed E-state index contributed by atoms with van der Waals surface area (Å²) < 4.78 is 3.63. The molecule has 34 heavy (non-hydrogen) atoms. The van der Waals surface area contributed by atoms with Crippen LogP contribution in [0.25, 0.3) is 16.6 Å². The lowest BCUT2D eigenvalue weighted by Crippen LogP contribution is -2.25. The molecule has 2 aromatic carbocycles. The molecule has 2 aromatic heterocycles. The van der Waals surface area contributed by atoms with E-state index in [1.807, 2.05) is 48.9 Å². The number of benzene rings is 2. The van der Waals surface area contributed by atoms with Crippen LogP contribution in [-0.2, 0) is 13.0 Å². The van der Waals surface area contributed by atoms with Gasteiger partial charge in [-0.1, -0.05) is 24.6 Å². The molecule has 4 aromatic rings. The molecule has 1 N–H and O–H groups in total. The highest BCUT2D eigenvalue weighted by Gasteiger charge is 2.16. The lowest BCUT2D eigenvalue weighted by molar-refractivity contribution is 0.0955. The average Bonchev–Trinajstić information content (AvgIpc) is 3.00. The van der Waals surface area contributed by atoms with Crippen LogP contribution < -0.4 is 11.0 Å². The van der Waals surface area contributed by atoms with Gasteiger partial charge in [0.2, 0.25) is 0 Å². The Kier molecular flexibility index (Phi) is 5.79. The maximum Gasteiger partial charge on any atom is 0.271 e. The number of hydrazone groups is 1. The van der Waals surface area contributed by atoms with Crippen molar-refractivity contribution in [2.24, 2.45) is 5.10 Å². The minimum absolute atomic E-state index is 0.0340. The zero-order valence-corrected chi connectivity index (χ0v) is 19.3. The van der Waals surface area contributed by atoms with Crippen molar-refractivity contribution in [2.75, 3.05) is 0 Å². The van der Waals surface area contributed by atoms with E-state index in [1.54, 1.807) is 29.0 Å². The first kappa shape index (κ1) is 21.8. The van der Waals surface area contributed by atoms with Crippen molar-refractivity contribution >= 4 is 23.0 Å². The van der Waals surface area contributed by atoms with Gasteiger partial charge in [-0.15, -0.1) is 0 Å². The summed E-state index contributed by atoms with van der Waals surface area (Å²) in [5.41, 5.74) is 7.06. The summed E-state index contributed by atoms with van der Waals surface area (Å²) >= 11 is 0. The molecule has 1 aliphatic rings. The molecule has 0 saturated carbocycles. The van der Waals surface area contributed by atoms with Crippen LogP contribution in [0, 0.1) is 13.8 Å². The molecule has 172 valence electrons. The fourth-order valence-electron chi connectivity index (χ4n) is 4.44. The molecule has 8 nitrogen and oxygen atoms in total. The van der Waals surface area contributed by atoms with Gasteiger partial charge in [-0.2, -0.15) is 10.2 Å². The van der Waals surface area contributed by atoms with Gasteiger partial charge in [0.1, 0.15) is 5.82 Å². The van der Waals surface area contributed by atoms with Crippen molar-refractivity contribution in [3.05, 3.63) is 87.2 Å². The number of rotatable bonds is 4. The molecule has 0 saturated heterocycles. The number of nitrogens with one attached hydrogen (secondary N) is 1. The van der Waals surface area contributed by atoms with E-state index in [0.717, 1.165) is 54.1 Å². The molecule has 1 amide bonds. The Labute approximate surface area is 197 Å². The van der Waals surface area contributed by atoms with Crippen molar-refractivity contribution in [3.63, 3.8) is 0 Å². The molecule has 0 bridgehead atoms. The fourth-order valence-corrected chi connectivity index (χ4v) is 4.44. The van der Waals surface area contributed by atoms with Gasteiger partial charge in [0.25, 0.3) is 11.5 Å². The number of aromatic nitrogens is 4. The van der Waals surface area contributed by atoms with Crippen molar-refractivity contribution in [1.29, 1.82) is 0 Å². The standard InChI is InChI=1S/C26H26N6O2/c1-17-22(18(2)32(30-17)20-9-5-3-6-10-20)16-27-29-25(33)19-12-13-21-23(15-19)28-24-11-7-4-8-14-31(24)26(21)34/h3,5-6,9-10,12-13,15-16H,4,7-8,11,14H2,1-2H3,(H,29,33). The molecule has 0 radical (unpaired) electrons. The Balaban J connectivity index is 1.37. The lowest BCUT2D eigenvalue weighted by Gasteiger charge is -2.10. The third-order valence-corrected chi connectivity index (χ3v) is 6.29. The lowest BCUT2D eigenvalue weighted by atomic mass is 10.1. The zero-order valence-electron chi connectivity index (χ0n) is 19.3. The summed E-state index contributed by atoms with van der Waals surface area (Å²) in [6.07, 6.45) is 5.49. The minimum atomic E-state index is -0.360. The molecule has 0 spiro atoms. The molecule has 0 atom stereocenters. The summed E-state index contributed by atoms with van der Waals surface area (Å²) in [5, 5.41) is 9.29. The quantitative estimate of drug-likeness (QED) is 0.376. The number of nitrogens with zero attached hydrogens (tertiary/aromatic N) is 5. The van der Waals surface area contributed by atoms with Crippen LogP contribution in [0.1, 0.15) is 52.4 Å². The molecular formula is C26H26N6O2. The van der Waals surface area contributed by atoms with Crippen LogP contribution in [0.15, 0.2) is 58.4 Å². The number of hydrogen-bond donors (Lipinski definition) is 1. The molecule has 0 unspecified atom stereocenters. The van der Waals surface area contributed by atoms with E-state index in [0.29, 0.717) is 23.0 Å². The normalized spacial score (nSPS) is 13.7. The number of amides is 1. The van der Waals surface area contributed by atoms with Crippen molar-refractivity contribution in [1.82, 2.24) is 24.8 Å². The second-order valence-electron chi connectivity index (χ2n) is 8.56. The largest absolute Gasteiger partial charge is 0.296 e. The van der Waals surface area contributed by atoms with Crippen molar-refractivity contribution in [2.45, 2.75) is 46.1 Å². The van der Waals surface area contributed by atoms with Crippen LogP contribution in [0.3, 0.4) is 0 Å². The molecule has 1 aliphatic heterocycles. The van der Waals surface area contributed by atoms with E-state index in [1.165, 1.54) is 0 Å². The van der Waals surface area contributed by atoms with E-state index >= 15 is 0 Å². The van der Waals surface area contributed by atoms with E-state index in [4.69, 9.17) is 4.98 Å². The van der Waals surface area contributed by atoms with Gasteiger partial charge in [-0.3, -0.25) is 14.2 Å². The van der Waals surface area contributed by atoms with Crippen molar-refractivity contribution in [3.8, 4) is 5.69 Å². The summed E-state index contributed by atoms with van der Waals surface area (Å²) in [6.45, 7) is 4.58. The van der Waals surface area contributed by atoms with E-state index in [-0.39, 0.29) is 11.5 Å². The first-order valence-corrected chi connectivity index (χ1v) is 11.5. The molecule has 0 fully saturated rings. The van der Waals surface area contributed by atoms with Crippen LogP contribution in [0.5, 0.6) is 0 Å². The van der Waals surface area contributed by atoms with Crippen LogP contribution in [0.2, 0.25) is 0 Å². The summed E-state index contributed by atoms with van der Waals surface area (Å²) in [6, 6.07) is 14.8. The van der Waals surface area contributed by atoms with Gasteiger partial charge in [0.15, 0.2) is 0 Å². The van der Waals surface area contributed by atoms with Gasteiger partial charge in [0, 0.05) is 24.1 Å². The summed E-state index contributed by atoms with van der Waals surface area (Å²) in [7, 11) is 0. The predicted octanol–water partition coefficient (Wildman–Crippen LogP) is 3.69. The first-order chi connectivity index (χ1) is 16.5. The van der Waals surface area contributed by atoms with E-state index < -0.39 is 0 Å². The smallest absolute Gasteiger partial charge is 0.271 e. The molecule has 5 rings (SSSR count). The first-order valence-electron chi connectivity index (χ1n) is 11.5. The Morgan fingerprint density at radius 1 is 1.09 bits per heavy atom. The van der Waals surface area contributed by atoms with Crippen LogP contribution in [-0.4, -0.2) is 31.5 Å². The Morgan fingerprint density at radius 2 is 1.91 bits per heavy atom. The molecule has 0 aliphatic carbocycles. The highest BCUT2D eigenvalue weighted by molar-refractivity contribution is 5.98. The number of carbonyl (C=O) groups excluding carboxylic acids is 1. The average molecular weight is 455 g/mol. The van der Waals surface area contributed by atoms with Gasteiger partial charge in [-0.05, 0) is 57.0 Å². The predicted molar refractivity (Wildman–Crippen MR) is 132 cm³/mol. The second kappa shape index (κ2) is 9.05. The monoisotopic (exact) mass is 454 g/mol. The highest BCUT2D eigenvalue weighted by Crippen LogP contribution is 2.17. The summed E-state index contributed by atoms with van der Waals surface area (Å²) in [4.78, 5) is 30.3. The van der Waals surface area contributed by atoms with Crippen LogP contribution >= 0.6 is 0 Å². The number of fused-ring (bicyclic) bond motifs is 2. The van der Waals surface area contributed by atoms with Crippen LogP contribution in [0.4, 0.5) is 0 Å². The Hall–Kier alpha value is -4.07. The Bertz CT molecular complexity index is 1470. The number of carbonyl (C=O) groups is 1. The van der Waals surface area contributed by atoms with E-state index in [9.17, 15) is 9.59 Å². The maximum absolute atomic E-state index is 12.9. The molecular weight excluding hydrogens is 428 g/mol. The van der Waals surface area contributed by atoms with Crippen molar-refractivity contribution < 1.29 is 4.79 Å². The van der Waals surface area contributed by atoms with E-state index in [2.05, 4.69) is 15.6 Å². The highest BCUT2D eigenvalue weighted by atomic mass is 16.2. The summed E-state index contributed by atoms with van der Waals surface area (Å²) in [5.74, 6) is 0.438. The molecule has 3 heterocycles. The van der Waals surface area contributed by atoms with Gasteiger partial charge >= 0.3 is 0 Å². The number of aryl methyl sites for hydroxylation is 2. The topological polar surface area (TPSA) is 94.2 Å². The third-order valence-electron chi connectivity index (χ3n) is 6.29. The number of para-hydroxylation sites is 1. The third kappa shape index (κ3) is 4.03. The second-order valence-corrected chi connectivity index (χ2v) is 8.56. The maximum atomic E-state index is 12.9. The van der Waals surface area contributed by atoms with Gasteiger partial charge in [-0.25, -0.2) is 15.1 Å². The van der Waals surface area contributed by atoms with Gasteiger partial charge in [0.05, 0.1) is 34.2 Å². The minimum Gasteiger partial charge on any atom is -0.296 e. The van der Waals surface area contributed by atoms with Gasteiger partial charge < -0.3 is 0 Å². The fraction of sp³-hybridized carbons (Fsp3) is 0.269. The zero-order chi connectivity index (χ0) is 23.7. The SMILES string of the molecule is Cc1nn(-c2ccccc2)c(C)c1C=NNC(=O)c1ccc2c(=O)n3c(nc2c1)CCCCC3. The molecule has 8 heteroatoms. The number of hydrogen-bond acceptors (Lipinski definition) is 5.